The van der Waals surface area contributed by atoms with Crippen molar-refractivity contribution in [3.8, 4) is 0 Å². The highest BCUT2D eigenvalue weighted by Crippen LogP contribution is 1.93. The number of carbonyl (C=O) groups is 1. The van der Waals surface area contributed by atoms with Crippen molar-refractivity contribution in [2.45, 2.75) is 0 Å². The molecule has 5 heteroatoms. The van der Waals surface area contributed by atoms with Crippen LogP contribution in [0.1, 0.15) is 5.76 Å². The van der Waals surface area contributed by atoms with Gasteiger partial charge < -0.3 is 9.73 Å². The van der Waals surface area contributed by atoms with Gasteiger partial charge in [-0.05, 0) is 12.1 Å². The fraction of sp³-hybridized carbons (Fsp3) is 0.143. The molecule has 0 saturated carbocycles. The van der Waals surface area contributed by atoms with Gasteiger partial charge in [-0.2, -0.15) is 5.10 Å². The molecule has 1 aromatic heterocycles. The topological polar surface area (TPSA) is 66.6 Å². The quantitative estimate of drug-likeness (QED) is 0.498. The van der Waals surface area contributed by atoms with Crippen LogP contribution in [-0.4, -0.2) is 19.3 Å². The largest absolute Gasteiger partial charge is 0.463 e. The summed E-state index contributed by atoms with van der Waals surface area (Å²) in [5.74, 6) is 0.589. The lowest BCUT2D eigenvalue weighted by Gasteiger charge is -1.93. The summed E-state index contributed by atoms with van der Waals surface area (Å²) in [5, 5.41) is 5.95. The van der Waals surface area contributed by atoms with E-state index in [9.17, 15) is 4.79 Å². The Labute approximate surface area is 69.4 Å². The molecule has 1 aromatic rings. The Balaban J connectivity index is 2.37. The number of carbonyl (C=O) groups excluding carboxylic acids is 1. The van der Waals surface area contributed by atoms with Crippen molar-refractivity contribution < 1.29 is 9.21 Å². The standard InChI is InChI=1S/C7H9N3O2/c1-8-7(11)10-9-5-6-3-2-4-12-6/h2-5H,1H3,(H2,8,10,11)/b9-5+. The van der Waals surface area contributed by atoms with Crippen LogP contribution in [0.4, 0.5) is 4.79 Å². The predicted molar refractivity (Wildman–Crippen MR) is 43.9 cm³/mol. The van der Waals surface area contributed by atoms with Gasteiger partial charge in [0.2, 0.25) is 0 Å². The molecule has 0 saturated heterocycles. The van der Waals surface area contributed by atoms with Gasteiger partial charge in [-0.15, -0.1) is 0 Å². The Morgan fingerprint density at radius 3 is 3.17 bits per heavy atom. The maximum atomic E-state index is 10.6. The minimum atomic E-state index is -0.363. The first-order valence-corrected chi connectivity index (χ1v) is 3.37. The van der Waals surface area contributed by atoms with E-state index in [2.05, 4.69) is 15.8 Å². The number of amides is 2. The zero-order valence-electron chi connectivity index (χ0n) is 6.57. The molecule has 0 aromatic carbocycles. The molecule has 2 amide bonds. The maximum Gasteiger partial charge on any atom is 0.334 e. The van der Waals surface area contributed by atoms with Crippen LogP contribution in [0, 0.1) is 0 Å². The van der Waals surface area contributed by atoms with E-state index in [1.54, 1.807) is 12.1 Å². The van der Waals surface area contributed by atoms with Crippen LogP contribution in [0.25, 0.3) is 0 Å². The molecule has 0 aliphatic carbocycles. The maximum absolute atomic E-state index is 10.6. The summed E-state index contributed by atoms with van der Waals surface area (Å²) in [5.41, 5.74) is 2.23. The van der Waals surface area contributed by atoms with E-state index in [1.807, 2.05) is 0 Å². The molecule has 0 fully saturated rings. The van der Waals surface area contributed by atoms with E-state index in [-0.39, 0.29) is 6.03 Å². The lowest BCUT2D eigenvalue weighted by molar-refractivity contribution is 0.243. The van der Waals surface area contributed by atoms with E-state index >= 15 is 0 Å². The highest BCUT2D eigenvalue weighted by molar-refractivity contribution is 5.79. The van der Waals surface area contributed by atoms with E-state index in [1.165, 1.54) is 19.5 Å². The molecule has 0 radical (unpaired) electrons. The van der Waals surface area contributed by atoms with E-state index < -0.39 is 0 Å². The first kappa shape index (κ1) is 8.32. The summed E-state index contributed by atoms with van der Waals surface area (Å²) < 4.78 is 4.93. The second kappa shape index (κ2) is 4.17. The van der Waals surface area contributed by atoms with Crippen molar-refractivity contribution in [2.75, 3.05) is 7.05 Å². The third-order valence-electron chi connectivity index (χ3n) is 1.13. The molecular weight excluding hydrogens is 158 g/mol. The molecule has 0 aliphatic heterocycles. The van der Waals surface area contributed by atoms with Crippen molar-refractivity contribution >= 4 is 12.2 Å². The summed E-state index contributed by atoms with van der Waals surface area (Å²) in [7, 11) is 1.51. The smallest absolute Gasteiger partial charge is 0.334 e. The van der Waals surface area contributed by atoms with E-state index in [0.717, 1.165) is 0 Å². The number of rotatable bonds is 2. The monoisotopic (exact) mass is 167 g/mol. The van der Waals surface area contributed by atoms with Gasteiger partial charge in [0.05, 0.1) is 12.5 Å². The van der Waals surface area contributed by atoms with Crippen molar-refractivity contribution in [1.82, 2.24) is 10.7 Å². The average molecular weight is 167 g/mol. The Hall–Kier alpha value is -1.78. The highest BCUT2D eigenvalue weighted by atomic mass is 16.3. The Kier molecular flexibility index (Phi) is 2.89. The molecular formula is C7H9N3O2. The van der Waals surface area contributed by atoms with Gasteiger partial charge in [-0.1, -0.05) is 0 Å². The third kappa shape index (κ3) is 2.45. The predicted octanol–water partition coefficient (Wildman–Crippen LogP) is 0.542. The number of urea groups is 1. The zero-order chi connectivity index (χ0) is 8.81. The molecule has 12 heavy (non-hydrogen) atoms. The Bertz CT molecular complexity index is 266. The SMILES string of the molecule is CNC(=O)N/N=C/c1ccco1. The number of nitrogens with zero attached hydrogens (tertiary/aromatic N) is 1. The molecule has 0 atom stereocenters. The second-order valence-electron chi connectivity index (χ2n) is 1.96. The van der Waals surface area contributed by atoms with Gasteiger partial charge in [0.25, 0.3) is 0 Å². The van der Waals surface area contributed by atoms with Gasteiger partial charge >= 0.3 is 6.03 Å². The third-order valence-corrected chi connectivity index (χ3v) is 1.13. The molecule has 1 rings (SSSR count). The minimum absolute atomic E-state index is 0.363. The first-order valence-electron chi connectivity index (χ1n) is 3.37. The number of nitrogens with one attached hydrogen (secondary N) is 2. The molecule has 0 spiro atoms. The summed E-state index contributed by atoms with van der Waals surface area (Å²) >= 11 is 0. The molecule has 0 bridgehead atoms. The summed E-state index contributed by atoms with van der Waals surface area (Å²) in [4.78, 5) is 10.6. The van der Waals surface area contributed by atoms with Gasteiger partial charge in [0.1, 0.15) is 5.76 Å². The van der Waals surface area contributed by atoms with Crippen LogP contribution >= 0.6 is 0 Å². The number of hydrazone groups is 1. The minimum Gasteiger partial charge on any atom is -0.463 e. The van der Waals surface area contributed by atoms with Crippen molar-refractivity contribution in [1.29, 1.82) is 0 Å². The van der Waals surface area contributed by atoms with Crippen molar-refractivity contribution in [2.24, 2.45) is 5.10 Å². The lowest BCUT2D eigenvalue weighted by atomic mass is 10.5. The Morgan fingerprint density at radius 2 is 2.58 bits per heavy atom. The van der Waals surface area contributed by atoms with Crippen molar-refractivity contribution in [3.63, 3.8) is 0 Å². The number of hydrogen-bond donors (Lipinski definition) is 2. The van der Waals surface area contributed by atoms with Gasteiger partial charge in [-0.25, -0.2) is 10.2 Å². The average Bonchev–Trinajstić information content (AvgIpc) is 2.57. The molecule has 1 heterocycles. The van der Waals surface area contributed by atoms with Crippen LogP contribution in [0.2, 0.25) is 0 Å². The Morgan fingerprint density at radius 1 is 1.75 bits per heavy atom. The van der Waals surface area contributed by atoms with Crippen LogP contribution in [0.15, 0.2) is 27.9 Å². The summed E-state index contributed by atoms with van der Waals surface area (Å²) in [6.45, 7) is 0. The first-order chi connectivity index (χ1) is 5.83. The normalized spacial score (nSPS) is 10.1. The van der Waals surface area contributed by atoms with E-state index in [4.69, 9.17) is 4.42 Å². The van der Waals surface area contributed by atoms with Crippen LogP contribution in [0.3, 0.4) is 0 Å². The fourth-order valence-electron chi connectivity index (χ4n) is 0.575. The zero-order valence-corrected chi connectivity index (χ0v) is 6.57. The highest BCUT2D eigenvalue weighted by Gasteiger charge is 1.90. The fourth-order valence-corrected chi connectivity index (χ4v) is 0.575. The van der Waals surface area contributed by atoms with Crippen LogP contribution < -0.4 is 10.7 Å². The van der Waals surface area contributed by atoms with E-state index in [0.29, 0.717) is 5.76 Å². The van der Waals surface area contributed by atoms with Crippen molar-refractivity contribution in [3.05, 3.63) is 24.2 Å². The molecule has 0 aliphatic rings. The molecule has 2 N–H and O–H groups in total. The molecule has 64 valence electrons. The molecule has 5 nitrogen and oxygen atoms in total. The lowest BCUT2D eigenvalue weighted by Crippen LogP contribution is -2.28. The van der Waals surface area contributed by atoms with Gasteiger partial charge in [0.15, 0.2) is 0 Å². The van der Waals surface area contributed by atoms with Crippen LogP contribution in [-0.2, 0) is 0 Å². The molecule has 0 unspecified atom stereocenters. The van der Waals surface area contributed by atoms with Gasteiger partial charge in [-0.3, -0.25) is 0 Å². The summed E-state index contributed by atoms with van der Waals surface area (Å²) in [6.07, 6.45) is 2.94. The van der Waals surface area contributed by atoms with Gasteiger partial charge in [0, 0.05) is 7.05 Å². The summed E-state index contributed by atoms with van der Waals surface area (Å²) in [6, 6.07) is 3.11. The number of hydrogen-bond acceptors (Lipinski definition) is 3. The number of furan rings is 1. The second-order valence-corrected chi connectivity index (χ2v) is 1.96. The van der Waals surface area contributed by atoms with Crippen LogP contribution in [0.5, 0.6) is 0 Å².